The quantitative estimate of drug-likeness (QED) is 0.845. The highest BCUT2D eigenvalue weighted by molar-refractivity contribution is 8.00. The fourth-order valence-corrected chi connectivity index (χ4v) is 3.02. The maximum Gasteiger partial charge on any atom is 0.203 e. The molecule has 0 aliphatic rings. The van der Waals surface area contributed by atoms with Gasteiger partial charge in [0.25, 0.3) is 0 Å². The zero-order chi connectivity index (χ0) is 11.5. The number of aromatic nitrogens is 4. The van der Waals surface area contributed by atoms with Crippen molar-refractivity contribution in [2.45, 2.75) is 30.5 Å². The van der Waals surface area contributed by atoms with Gasteiger partial charge in [0.1, 0.15) is 0 Å². The van der Waals surface area contributed by atoms with E-state index in [0.29, 0.717) is 5.13 Å². The van der Waals surface area contributed by atoms with Crippen LogP contribution in [0.1, 0.15) is 18.3 Å². The van der Waals surface area contributed by atoms with E-state index >= 15 is 0 Å². The van der Waals surface area contributed by atoms with Gasteiger partial charge in [0.15, 0.2) is 4.34 Å². The topological polar surface area (TPSA) is 69.6 Å². The molecule has 0 fully saturated rings. The van der Waals surface area contributed by atoms with Crippen LogP contribution < -0.4 is 5.73 Å². The smallest absolute Gasteiger partial charge is 0.203 e. The maximum absolute atomic E-state index is 5.52. The Bertz CT molecular complexity index is 476. The fourth-order valence-electron chi connectivity index (χ4n) is 1.40. The average Bonchev–Trinajstić information content (AvgIpc) is 2.81. The summed E-state index contributed by atoms with van der Waals surface area (Å²) < 4.78 is 2.91. The van der Waals surface area contributed by atoms with E-state index in [1.54, 1.807) is 11.8 Å². The van der Waals surface area contributed by atoms with Gasteiger partial charge in [-0.3, -0.25) is 4.68 Å². The number of thioether (sulfide) groups is 1. The van der Waals surface area contributed by atoms with Gasteiger partial charge in [-0.05, 0) is 19.9 Å². The molecule has 2 heterocycles. The first-order chi connectivity index (χ1) is 7.69. The van der Waals surface area contributed by atoms with Crippen molar-refractivity contribution >= 4 is 28.2 Å². The van der Waals surface area contributed by atoms with Gasteiger partial charge in [0.2, 0.25) is 5.13 Å². The first kappa shape index (κ1) is 11.4. The molecular weight excluding hydrogens is 242 g/mol. The Labute approximate surface area is 102 Å². The van der Waals surface area contributed by atoms with Crippen molar-refractivity contribution in [3.8, 4) is 0 Å². The van der Waals surface area contributed by atoms with Gasteiger partial charge in [-0.15, -0.1) is 10.2 Å². The number of hydrogen-bond acceptors (Lipinski definition) is 6. The van der Waals surface area contributed by atoms with Crippen LogP contribution in [0, 0.1) is 6.92 Å². The van der Waals surface area contributed by atoms with Crippen LogP contribution in [0.2, 0.25) is 0 Å². The van der Waals surface area contributed by atoms with Crippen LogP contribution in [-0.4, -0.2) is 20.0 Å². The number of nitrogen functional groups attached to an aromatic ring is 1. The Morgan fingerprint density at radius 2 is 2.31 bits per heavy atom. The number of nitrogens with zero attached hydrogens (tertiary/aromatic N) is 4. The van der Waals surface area contributed by atoms with Crippen LogP contribution in [0.15, 0.2) is 10.4 Å². The van der Waals surface area contributed by atoms with Crippen molar-refractivity contribution in [1.29, 1.82) is 0 Å². The molecule has 0 aliphatic heterocycles. The molecule has 0 saturated heterocycles. The summed E-state index contributed by atoms with van der Waals surface area (Å²) in [6.45, 7) is 4.98. The van der Waals surface area contributed by atoms with Crippen molar-refractivity contribution in [2.75, 3.05) is 5.73 Å². The molecule has 0 aliphatic carbocycles. The first-order valence-corrected chi connectivity index (χ1v) is 6.74. The van der Waals surface area contributed by atoms with Crippen molar-refractivity contribution in [3.63, 3.8) is 0 Å². The van der Waals surface area contributed by atoms with Crippen LogP contribution in [0.25, 0.3) is 0 Å². The van der Waals surface area contributed by atoms with E-state index < -0.39 is 0 Å². The third kappa shape index (κ3) is 2.53. The highest BCUT2D eigenvalue weighted by Crippen LogP contribution is 2.26. The summed E-state index contributed by atoms with van der Waals surface area (Å²) in [4.78, 5) is 0. The Hall–Kier alpha value is -1.08. The predicted molar refractivity (Wildman–Crippen MR) is 66.5 cm³/mol. The molecule has 7 heteroatoms. The second-order valence-corrected chi connectivity index (χ2v) is 5.52. The van der Waals surface area contributed by atoms with Crippen molar-refractivity contribution < 1.29 is 0 Å². The predicted octanol–water partition coefficient (Wildman–Crippen LogP) is 1.94. The van der Waals surface area contributed by atoms with Gasteiger partial charge in [-0.25, -0.2) is 0 Å². The van der Waals surface area contributed by atoms with E-state index in [4.69, 9.17) is 5.73 Å². The van der Waals surface area contributed by atoms with Gasteiger partial charge in [0.05, 0.1) is 5.69 Å². The van der Waals surface area contributed by atoms with Crippen LogP contribution >= 0.6 is 23.1 Å². The van der Waals surface area contributed by atoms with Crippen molar-refractivity contribution in [1.82, 2.24) is 20.0 Å². The van der Waals surface area contributed by atoms with Crippen LogP contribution in [0.4, 0.5) is 5.13 Å². The highest BCUT2D eigenvalue weighted by atomic mass is 32.2. The van der Waals surface area contributed by atoms with E-state index in [1.165, 1.54) is 17.0 Å². The number of nitrogens with two attached hydrogens (primary N) is 1. The molecule has 2 N–H and O–H groups in total. The SMILES string of the molecule is CCn1nc(C)cc1CSc1nnc(N)s1. The minimum atomic E-state index is 0.516. The number of rotatable bonds is 4. The summed E-state index contributed by atoms with van der Waals surface area (Å²) >= 11 is 3.06. The molecule has 0 aromatic carbocycles. The summed E-state index contributed by atoms with van der Waals surface area (Å²) in [5, 5.41) is 12.7. The molecule has 0 atom stereocenters. The lowest BCUT2D eigenvalue weighted by molar-refractivity contribution is 0.632. The number of aryl methyl sites for hydroxylation is 2. The third-order valence-electron chi connectivity index (χ3n) is 2.05. The number of hydrogen-bond donors (Lipinski definition) is 1. The van der Waals surface area contributed by atoms with E-state index in [-0.39, 0.29) is 0 Å². The molecule has 0 radical (unpaired) electrons. The van der Waals surface area contributed by atoms with Crippen LogP contribution in [0.5, 0.6) is 0 Å². The second kappa shape index (κ2) is 4.84. The lowest BCUT2D eigenvalue weighted by Gasteiger charge is -2.01. The first-order valence-electron chi connectivity index (χ1n) is 4.94. The lowest BCUT2D eigenvalue weighted by atomic mass is 10.4. The van der Waals surface area contributed by atoms with Gasteiger partial charge in [-0.1, -0.05) is 23.1 Å². The molecule has 2 aromatic rings. The zero-order valence-corrected chi connectivity index (χ0v) is 10.8. The molecule has 0 unspecified atom stereocenters. The molecule has 0 amide bonds. The monoisotopic (exact) mass is 255 g/mol. The standard InChI is InChI=1S/C9H13N5S2/c1-3-14-7(4-6(2)13-14)5-15-9-12-11-8(10)16-9/h4H,3,5H2,1-2H3,(H2,10,11). The molecule has 0 saturated carbocycles. The normalized spacial score (nSPS) is 10.9. The van der Waals surface area contributed by atoms with Gasteiger partial charge >= 0.3 is 0 Å². The zero-order valence-electron chi connectivity index (χ0n) is 9.17. The van der Waals surface area contributed by atoms with Crippen molar-refractivity contribution in [3.05, 3.63) is 17.5 Å². The molecule has 0 spiro atoms. The van der Waals surface area contributed by atoms with Crippen LogP contribution in [0.3, 0.4) is 0 Å². The second-order valence-electron chi connectivity index (χ2n) is 3.29. The Balaban J connectivity index is 2.04. The van der Waals surface area contributed by atoms with E-state index in [9.17, 15) is 0 Å². The molecular formula is C9H13N5S2. The minimum absolute atomic E-state index is 0.516. The highest BCUT2D eigenvalue weighted by Gasteiger charge is 2.07. The Morgan fingerprint density at radius 3 is 2.94 bits per heavy atom. The summed E-state index contributed by atoms with van der Waals surface area (Å²) in [5.41, 5.74) is 7.78. The largest absolute Gasteiger partial charge is 0.374 e. The van der Waals surface area contributed by atoms with E-state index in [2.05, 4.69) is 28.3 Å². The molecule has 2 aromatic heterocycles. The van der Waals surface area contributed by atoms with Crippen molar-refractivity contribution in [2.24, 2.45) is 0 Å². The summed E-state index contributed by atoms with van der Waals surface area (Å²) in [6.07, 6.45) is 0. The van der Waals surface area contributed by atoms with E-state index in [1.807, 2.05) is 11.6 Å². The molecule has 16 heavy (non-hydrogen) atoms. The third-order valence-corrected chi connectivity index (χ3v) is 3.97. The average molecular weight is 255 g/mol. The van der Waals surface area contributed by atoms with E-state index in [0.717, 1.165) is 22.3 Å². The Morgan fingerprint density at radius 1 is 1.50 bits per heavy atom. The fraction of sp³-hybridized carbons (Fsp3) is 0.444. The minimum Gasteiger partial charge on any atom is -0.374 e. The molecule has 0 bridgehead atoms. The van der Waals surface area contributed by atoms with Gasteiger partial charge < -0.3 is 5.73 Å². The van der Waals surface area contributed by atoms with Crippen LogP contribution in [-0.2, 0) is 12.3 Å². The maximum atomic E-state index is 5.52. The molecule has 5 nitrogen and oxygen atoms in total. The number of anilines is 1. The molecule has 2 rings (SSSR count). The lowest BCUT2D eigenvalue weighted by Crippen LogP contribution is -2.01. The van der Waals surface area contributed by atoms with Gasteiger partial charge in [-0.2, -0.15) is 5.10 Å². The summed E-state index contributed by atoms with van der Waals surface area (Å²) in [5.74, 6) is 0.851. The molecule has 86 valence electrons. The summed E-state index contributed by atoms with van der Waals surface area (Å²) in [7, 11) is 0. The van der Waals surface area contributed by atoms with Gasteiger partial charge in [0, 0.05) is 18.0 Å². The Kier molecular flexibility index (Phi) is 3.45. The summed E-state index contributed by atoms with van der Waals surface area (Å²) in [6, 6.07) is 2.10.